The van der Waals surface area contributed by atoms with Gasteiger partial charge in [0, 0.05) is 0 Å². The fourth-order valence-corrected chi connectivity index (χ4v) is 0.883. The summed E-state index contributed by atoms with van der Waals surface area (Å²) in [5, 5.41) is 0. The maximum Gasteiger partial charge on any atom is 0.144 e. The molecule has 1 aliphatic heterocycles. The molecule has 1 unspecified atom stereocenters. The first-order valence-electron chi connectivity index (χ1n) is 4.00. The molecule has 0 bridgehead atoms. The van der Waals surface area contributed by atoms with Gasteiger partial charge in [0.05, 0.1) is 32.7 Å². The fourth-order valence-electron chi connectivity index (χ4n) is 0.883. The molecule has 0 radical (unpaired) electrons. The molecule has 0 saturated carbocycles. The number of ether oxygens (including phenoxy) is 3. The summed E-state index contributed by atoms with van der Waals surface area (Å²) in [6.45, 7) is 5.87. The molecule has 0 fully saturated rings. The third kappa shape index (κ3) is 3.55. The van der Waals surface area contributed by atoms with E-state index >= 15 is 0 Å². The Morgan fingerprint density at radius 2 is 2.58 bits per heavy atom. The third-order valence-electron chi connectivity index (χ3n) is 1.42. The van der Waals surface area contributed by atoms with E-state index in [4.69, 9.17) is 14.2 Å². The zero-order chi connectivity index (χ0) is 8.65. The van der Waals surface area contributed by atoms with E-state index < -0.39 is 0 Å². The lowest BCUT2D eigenvalue weighted by molar-refractivity contribution is -0.00493. The second kappa shape index (κ2) is 5.80. The van der Waals surface area contributed by atoms with Crippen molar-refractivity contribution in [1.82, 2.24) is 0 Å². The van der Waals surface area contributed by atoms with Gasteiger partial charge in [0.25, 0.3) is 0 Å². The molecule has 0 amide bonds. The Morgan fingerprint density at radius 3 is 3.42 bits per heavy atom. The molecular weight excluding hydrogens is 156 g/mol. The summed E-state index contributed by atoms with van der Waals surface area (Å²) in [6, 6.07) is 0. The summed E-state index contributed by atoms with van der Waals surface area (Å²) >= 11 is 0. The summed E-state index contributed by atoms with van der Waals surface area (Å²) in [5.74, 6) is 0. The van der Waals surface area contributed by atoms with Crippen LogP contribution in [0.4, 0.5) is 0 Å². The zero-order valence-corrected chi connectivity index (χ0v) is 7.07. The van der Waals surface area contributed by atoms with Crippen LogP contribution in [0.15, 0.2) is 25.0 Å². The van der Waals surface area contributed by atoms with Crippen molar-refractivity contribution in [2.75, 3.05) is 26.4 Å². The van der Waals surface area contributed by atoms with Crippen LogP contribution in [0.1, 0.15) is 0 Å². The van der Waals surface area contributed by atoms with E-state index in [1.165, 1.54) is 0 Å². The van der Waals surface area contributed by atoms with Crippen molar-refractivity contribution in [2.45, 2.75) is 6.10 Å². The Hall–Kier alpha value is -0.800. The molecule has 0 aromatic carbocycles. The summed E-state index contributed by atoms with van der Waals surface area (Å²) in [7, 11) is 0. The number of rotatable bonds is 4. The number of hydrogen-bond donors (Lipinski definition) is 0. The van der Waals surface area contributed by atoms with Crippen LogP contribution in [0.3, 0.4) is 0 Å². The van der Waals surface area contributed by atoms with Crippen molar-refractivity contribution >= 4 is 0 Å². The second-order valence-electron chi connectivity index (χ2n) is 2.49. The van der Waals surface area contributed by atoms with Gasteiger partial charge in [0.2, 0.25) is 0 Å². The van der Waals surface area contributed by atoms with Gasteiger partial charge in [-0.25, -0.2) is 0 Å². The van der Waals surface area contributed by atoms with Gasteiger partial charge in [0.15, 0.2) is 0 Å². The quantitative estimate of drug-likeness (QED) is 0.467. The van der Waals surface area contributed by atoms with Crippen LogP contribution in [0, 0.1) is 0 Å². The van der Waals surface area contributed by atoms with E-state index in [-0.39, 0.29) is 6.10 Å². The highest BCUT2D eigenvalue weighted by atomic mass is 16.6. The van der Waals surface area contributed by atoms with Gasteiger partial charge in [-0.2, -0.15) is 0 Å². The van der Waals surface area contributed by atoms with E-state index in [0.717, 1.165) is 0 Å². The predicted octanol–water partition coefficient (Wildman–Crippen LogP) is 1.12. The lowest BCUT2D eigenvalue weighted by atomic mass is 10.4. The van der Waals surface area contributed by atoms with Crippen LogP contribution in [-0.2, 0) is 14.2 Å². The molecule has 1 heterocycles. The SMILES string of the molecule is C=CCOCC1COCC=CO1. The van der Waals surface area contributed by atoms with Crippen molar-refractivity contribution < 1.29 is 14.2 Å². The molecule has 3 heteroatoms. The largest absolute Gasteiger partial charge is 0.493 e. The van der Waals surface area contributed by atoms with Crippen LogP contribution in [0.5, 0.6) is 0 Å². The van der Waals surface area contributed by atoms with Gasteiger partial charge >= 0.3 is 0 Å². The van der Waals surface area contributed by atoms with Crippen molar-refractivity contribution in [1.29, 1.82) is 0 Å². The van der Waals surface area contributed by atoms with E-state index in [9.17, 15) is 0 Å². The molecule has 0 saturated heterocycles. The normalized spacial score (nSPS) is 22.8. The van der Waals surface area contributed by atoms with Gasteiger partial charge in [-0.1, -0.05) is 6.08 Å². The topological polar surface area (TPSA) is 27.7 Å². The van der Waals surface area contributed by atoms with E-state index in [2.05, 4.69) is 6.58 Å². The molecule has 0 aromatic heterocycles. The maximum absolute atomic E-state index is 5.28. The first-order valence-corrected chi connectivity index (χ1v) is 4.00. The molecule has 12 heavy (non-hydrogen) atoms. The highest BCUT2D eigenvalue weighted by molar-refractivity contribution is 4.78. The smallest absolute Gasteiger partial charge is 0.144 e. The van der Waals surface area contributed by atoms with Gasteiger partial charge in [-0.05, 0) is 6.08 Å². The Morgan fingerprint density at radius 1 is 1.67 bits per heavy atom. The highest BCUT2D eigenvalue weighted by Gasteiger charge is 2.09. The second-order valence-corrected chi connectivity index (χ2v) is 2.49. The predicted molar refractivity (Wildman–Crippen MR) is 45.8 cm³/mol. The lowest BCUT2D eigenvalue weighted by Crippen LogP contribution is -2.22. The van der Waals surface area contributed by atoms with E-state index in [1.807, 2.05) is 6.08 Å². The highest BCUT2D eigenvalue weighted by Crippen LogP contribution is 2.00. The molecule has 0 aromatic rings. The zero-order valence-electron chi connectivity index (χ0n) is 7.07. The minimum absolute atomic E-state index is 0.0173. The van der Waals surface area contributed by atoms with Crippen molar-refractivity contribution in [3.63, 3.8) is 0 Å². The van der Waals surface area contributed by atoms with Crippen LogP contribution in [0.25, 0.3) is 0 Å². The lowest BCUT2D eigenvalue weighted by Gasteiger charge is -2.13. The average Bonchev–Trinajstić information content (AvgIpc) is 2.33. The van der Waals surface area contributed by atoms with Crippen LogP contribution >= 0.6 is 0 Å². The van der Waals surface area contributed by atoms with Gasteiger partial charge < -0.3 is 14.2 Å². The molecule has 68 valence electrons. The standard InChI is InChI=1S/C9H14O3/c1-2-4-10-7-9-8-11-5-3-6-12-9/h2-3,6,9H,1,4-5,7-8H2. The third-order valence-corrected chi connectivity index (χ3v) is 1.42. The average molecular weight is 170 g/mol. The van der Waals surface area contributed by atoms with Crippen LogP contribution in [0.2, 0.25) is 0 Å². The Labute approximate surface area is 72.6 Å². The Bertz CT molecular complexity index is 154. The molecule has 0 spiro atoms. The van der Waals surface area contributed by atoms with Crippen molar-refractivity contribution in [3.8, 4) is 0 Å². The van der Waals surface area contributed by atoms with Gasteiger partial charge in [-0.15, -0.1) is 6.58 Å². The molecule has 3 nitrogen and oxygen atoms in total. The summed E-state index contributed by atoms with van der Waals surface area (Å²) < 4.78 is 15.7. The van der Waals surface area contributed by atoms with Crippen LogP contribution in [-0.4, -0.2) is 32.5 Å². The molecule has 1 atom stereocenters. The molecule has 0 aliphatic carbocycles. The van der Waals surface area contributed by atoms with Crippen LogP contribution < -0.4 is 0 Å². The first kappa shape index (κ1) is 9.29. The molecule has 1 rings (SSSR count). The summed E-state index contributed by atoms with van der Waals surface area (Å²) in [4.78, 5) is 0. The monoisotopic (exact) mass is 170 g/mol. The van der Waals surface area contributed by atoms with Gasteiger partial charge in [-0.3, -0.25) is 0 Å². The summed E-state index contributed by atoms with van der Waals surface area (Å²) in [5.41, 5.74) is 0. The maximum atomic E-state index is 5.28. The Balaban J connectivity index is 2.12. The van der Waals surface area contributed by atoms with Crippen molar-refractivity contribution in [3.05, 3.63) is 25.0 Å². The van der Waals surface area contributed by atoms with Gasteiger partial charge in [0.1, 0.15) is 6.10 Å². The minimum atomic E-state index is 0.0173. The molecule has 1 aliphatic rings. The minimum Gasteiger partial charge on any atom is -0.493 e. The Kier molecular flexibility index (Phi) is 4.49. The van der Waals surface area contributed by atoms with E-state index in [1.54, 1.807) is 12.3 Å². The molecule has 0 N–H and O–H groups in total. The fraction of sp³-hybridized carbons (Fsp3) is 0.556. The van der Waals surface area contributed by atoms with Crippen molar-refractivity contribution in [2.24, 2.45) is 0 Å². The first-order chi connectivity index (χ1) is 5.93. The van der Waals surface area contributed by atoms with E-state index in [0.29, 0.717) is 26.4 Å². The number of hydrogen-bond acceptors (Lipinski definition) is 3. The summed E-state index contributed by atoms with van der Waals surface area (Å²) in [6.07, 6.45) is 5.24. The molecular formula is C9H14O3.